The van der Waals surface area contributed by atoms with E-state index in [-0.39, 0.29) is 13.1 Å². The summed E-state index contributed by atoms with van der Waals surface area (Å²) in [7, 11) is -4.20. The van der Waals surface area contributed by atoms with Gasteiger partial charge in [-0.25, -0.2) is 8.42 Å². The van der Waals surface area contributed by atoms with Crippen LogP contribution in [0.1, 0.15) is 11.3 Å². The first-order chi connectivity index (χ1) is 10.3. The third-order valence-electron chi connectivity index (χ3n) is 3.66. The normalized spacial score (nSPS) is 16.5. The van der Waals surface area contributed by atoms with E-state index in [9.17, 15) is 21.6 Å². The Kier molecular flexibility index (Phi) is 3.53. The van der Waals surface area contributed by atoms with Crippen molar-refractivity contribution in [2.75, 3.05) is 6.54 Å². The second kappa shape index (κ2) is 5.13. The lowest BCUT2D eigenvalue weighted by Crippen LogP contribution is -2.38. The molecule has 1 aliphatic heterocycles. The lowest BCUT2D eigenvalue weighted by Gasteiger charge is -2.28. The van der Waals surface area contributed by atoms with Crippen molar-refractivity contribution in [1.82, 2.24) is 8.87 Å². The average Bonchev–Trinajstić information content (AvgIpc) is 2.93. The van der Waals surface area contributed by atoms with Gasteiger partial charge in [0.15, 0.2) is 0 Å². The molecule has 0 fully saturated rings. The summed E-state index contributed by atoms with van der Waals surface area (Å²) in [6.45, 7) is 0.646. The van der Waals surface area contributed by atoms with Crippen LogP contribution in [0, 0.1) is 0 Å². The quantitative estimate of drug-likeness (QED) is 0.850. The van der Waals surface area contributed by atoms with Gasteiger partial charge in [0.2, 0.25) is 10.0 Å². The highest BCUT2D eigenvalue weighted by Crippen LogP contribution is 2.35. The number of nitrogens with zero attached hydrogens (tertiary/aromatic N) is 2. The first-order valence-electron chi connectivity index (χ1n) is 6.60. The summed E-state index contributed by atoms with van der Waals surface area (Å²) in [6.07, 6.45) is -2.89. The average molecular weight is 330 g/mol. The van der Waals surface area contributed by atoms with E-state index in [1.165, 1.54) is 12.1 Å². The fourth-order valence-corrected chi connectivity index (χ4v) is 4.17. The number of benzene rings is 1. The Labute approximate surface area is 125 Å². The van der Waals surface area contributed by atoms with Crippen LogP contribution < -0.4 is 0 Å². The topological polar surface area (TPSA) is 42.3 Å². The molecule has 0 spiro atoms. The smallest absolute Gasteiger partial charge is 0.349 e. The Morgan fingerprint density at radius 3 is 2.45 bits per heavy atom. The van der Waals surface area contributed by atoms with E-state index in [4.69, 9.17) is 0 Å². The largest absolute Gasteiger partial charge is 0.417 e. The molecule has 0 bridgehead atoms. The molecule has 118 valence electrons. The Hall–Kier alpha value is -1.80. The molecule has 2 aromatic rings. The fraction of sp³-hybridized carbons (Fsp3) is 0.286. The van der Waals surface area contributed by atoms with Crippen molar-refractivity contribution >= 4 is 10.0 Å². The molecule has 1 aromatic heterocycles. The molecule has 1 aromatic carbocycles. The minimum Gasteiger partial charge on any atom is -0.349 e. The van der Waals surface area contributed by atoms with Gasteiger partial charge in [0.1, 0.15) is 0 Å². The molecule has 0 N–H and O–H groups in total. The van der Waals surface area contributed by atoms with E-state index >= 15 is 0 Å². The van der Waals surface area contributed by atoms with Gasteiger partial charge in [-0.2, -0.15) is 17.5 Å². The SMILES string of the molecule is O=S(=O)(c1ccccc1C(F)(F)F)N1CCn2cccc2C1. The van der Waals surface area contributed by atoms with Gasteiger partial charge in [-0.3, -0.25) is 0 Å². The number of aromatic nitrogens is 1. The van der Waals surface area contributed by atoms with Crippen molar-refractivity contribution in [2.45, 2.75) is 24.2 Å². The number of sulfonamides is 1. The van der Waals surface area contributed by atoms with Gasteiger partial charge in [0.05, 0.1) is 17.0 Å². The van der Waals surface area contributed by atoms with Crippen LogP contribution in [0.2, 0.25) is 0 Å². The highest BCUT2D eigenvalue weighted by atomic mass is 32.2. The predicted molar refractivity (Wildman–Crippen MR) is 73.5 cm³/mol. The molecule has 0 unspecified atom stereocenters. The molecule has 0 saturated heterocycles. The van der Waals surface area contributed by atoms with E-state index in [1.807, 2.05) is 10.8 Å². The maximum atomic E-state index is 13.0. The van der Waals surface area contributed by atoms with Gasteiger partial charge in [-0.05, 0) is 24.3 Å². The minimum atomic E-state index is -4.71. The van der Waals surface area contributed by atoms with Gasteiger partial charge < -0.3 is 4.57 Å². The zero-order valence-electron chi connectivity index (χ0n) is 11.4. The standard InChI is InChI=1S/C14H13F3N2O2S/c15-14(16,17)12-5-1-2-6-13(12)22(20,21)19-9-8-18-7-3-4-11(18)10-19/h1-7H,8-10H2. The summed E-state index contributed by atoms with van der Waals surface area (Å²) in [6, 6.07) is 7.83. The summed E-state index contributed by atoms with van der Waals surface area (Å²) < 4.78 is 67.3. The molecule has 0 saturated carbocycles. The van der Waals surface area contributed by atoms with Gasteiger partial charge in [-0.15, -0.1) is 0 Å². The summed E-state index contributed by atoms with van der Waals surface area (Å²) >= 11 is 0. The predicted octanol–water partition coefficient (Wildman–Crippen LogP) is 2.71. The van der Waals surface area contributed by atoms with Crippen LogP contribution in [0.5, 0.6) is 0 Å². The van der Waals surface area contributed by atoms with Crippen molar-refractivity contribution in [1.29, 1.82) is 0 Å². The van der Waals surface area contributed by atoms with Gasteiger partial charge >= 0.3 is 6.18 Å². The highest BCUT2D eigenvalue weighted by molar-refractivity contribution is 7.89. The van der Waals surface area contributed by atoms with Crippen LogP contribution in [-0.2, 0) is 29.3 Å². The Balaban J connectivity index is 2.02. The molecule has 1 aliphatic rings. The van der Waals surface area contributed by atoms with Crippen LogP contribution in [0.15, 0.2) is 47.5 Å². The number of rotatable bonds is 2. The third-order valence-corrected chi connectivity index (χ3v) is 5.57. The van der Waals surface area contributed by atoms with E-state index in [2.05, 4.69) is 0 Å². The van der Waals surface area contributed by atoms with Crippen molar-refractivity contribution < 1.29 is 21.6 Å². The maximum absolute atomic E-state index is 13.0. The monoisotopic (exact) mass is 330 g/mol. The molecule has 3 rings (SSSR count). The molecule has 4 nitrogen and oxygen atoms in total. The maximum Gasteiger partial charge on any atom is 0.417 e. The first-order valence-corrected chi connectivity index (χ1v) is 8.04. The number of halogens is 3. The molecule has 0 aliphatic carbocycles. The van der Waals surface area contributed by atoms with Gasteiger partial charge in [0, 0.05) is 25.0 Å². The molecular formula is C14H13F3N2O2S. The number of fused-ring (bicyclic) bond motifs is 1. The number of hydrogen-bond acceptors (Lipinski definition) is 2. The molecule has 0 atom stereocenters. The number of hydrogen-bond donors (Lipinski definition) is 0. The van der Waals surface area contributed by atoms with Gasteiger partial charge in [-0.1, -0.05) is 12.1 Å². The Morgan fingerprint density at radius 2 is 1.73 bits per heavy atom. The molecule has 0 amide bonds. The zero-order chi connectivity index (χ0) is 16.0. The van der Waals surface area contributed by atoms with Crippen molar-refractivity contribution in [3.05, 3.63) is 53.9 Å². The van der Waals surface area contributed by atoms with Crippen LogP contribution in [0.3, 0.4) is 0 Å². The van der Waals surface area contributed by atoms with Crippen molar-refractivity contribution in [2.24, 2.45) is 0 Å². The molecule has 22 heavy (non-hydrogen) atoms. The van der Waals surface area contributed by atoms with Crippen LogP contribution in [0.4, 0.5) is 13.2 Å². The number of alkyl halides is 3. The molecule has 0 radical (unpaired) electrons. The van der Waals surface area contributed by atoms with E-state index in [0.717, 1.165) is 22.1 Å². The van der Waals surface area contributed by atoms with Crippen molar-refractivity contribution in [3.63, 3.8) is 0 Å². The Morgan fingerprint density at radius 1 is 1.00 bits per heavy atom. The van der Waals surface area contributed by atoms with Crippen molar-refractivity contribution in [3.8, 4) is 0 Å². The fourth-order valence-electron chi connectivity index (χ4n) is 2.56. The molecule has 2 heterocycles. The summed E-state index contributed by atoms with van der Waals surface area (Å²) in [5.74, 6) is 0. The summed E-state index contributed by atoms with van der Waals surface area (Å²) in [5, 5.41) is 0. The summed E-state index contributed by atoms with van der Waals surface area (Å²) in [4.78, 5) is -0.692. The van der Waals surface area contributed by atoms with Crippen LogP contribution >= 0.6 is 0 Å². The minimum absolute atomic E-state index is 0.0710. The first kappa shape index (κ1) is 15.1. The second-order valence-corrected chi connectivity index (χ2v) is 6.93. The van der Waals surface area contributed by atoms with E-state index < -0.39 is 26.7 Å². The highest BCUT2D eigenvalue weighted by Gasteiger charge is 2.39. The van der Waals surface area contributed by atoms with Crippen LogP contribution in [0.25, 0.3) is 0 Å². The molecular weight excluding hydrogens is 317 g/mol. The van der Waals surface area contributed by atoms with Gasteiger partial charge in [0.25, 0.3) is 0 Å². The third kappa shape index (κ3) is 2.52. The lowest BCUT2D eigenvalue weighted by molar-refractivity contribution is -0.139. The van der Waals surface area contributed by atoms with Crippen LogP contribution in [-0.4, -0.2) is 23.8 Å². The Bertz CT molecular complexity index is 796. The lowest BCUT2D eigenvalue weighted by atomic mass is 10.2. The molecule has 8 heteroatoms. The van der Waals surface area contributed by atoms with E-state index in [0.29, 0.717) is 6.54 Å². The summed E-state index contributed by atoms with van der Waals surface area (Å²) in [5.41, 5.74) is -0.365. The second-order valence-electron chi connectivity index (χ2n) is 5.03. The van der Waals surface area contributed by atoms with E-state index in [1.54, 1.807) is 12.1 Å². The zero-order valence-corrected chi connectivity index (χ0v) is 12.2.